The number of carboxylic acid groups (broad SMARTS) is 1. The van der Waals surface area contributed by atoms with E-state index in [9.17, 15) is 13.2 Å². The molecule has 0 amide bonds. The number of hydrogen-bond acceptors (Lipinski definition) is 5. The van der Waals surface area contributed by atoms with Crippen LogP contribution in [0.3, 0.4) is 0 Å². The number of halogens is 1. The Labute approximate surface area is 118 Å². The third-order valence-electron chi connectivity index (χ3n) is 3.03. The van der Waals surface area contributed by atoms with Gasteiger partial charge >= 0.3 is 5.97 Å². The van der Waals surface area contributed by atoms with Gasteiger partial charge in [0.15, 0.2) is 4.60 Å². The summed E-state index contributed by atoms with van der Waals surface area (Å²) in [5.41, 5.74) is 0. The van der Waals surface area contributed by atoms with E-state index in [0.29, 0.717) is 19.3 Å². The highest BCUT2D eigenvalue weighted by Gasteiger charge is 2.40. The fourth-order valence-corrected chi connectivity index (χ4v) is 4.83. The first kappa shape index (κ1) is 14.4. The lowest BCUT2D eigenvalue weighted by Crippen LogP contribution is -2.48. The molecular formula is C9H13BrN4O4S. The Morgan fingerprint density at radius 2 is 2.16 bits per heavy atom. The van der Waals surface area contributed by atoms with Crippen molar-refractivity contribution in [3.63, 3.8) is 0 Å². The van der Waals surface area contributed by atoms with Gasteiger partial charge in [0.1, 0.15) is 6.04 Å². The topological polar surface area (TPSA) is 105 Å². The predicted molar refractivity (Wildman–Crippen MR) is 67.9 cm³/mol. The summed E-state index contributed by atoms with van der Waals surface area (Å²) in [4.78, 5) is 11.2. The van der Waals surface area contributed by atoms with Crippen molar-refractivity contribution in [2.75, 3.05) is 6.54 Å². The van der Waals surface area contributed by atoms with Crippen LogP contribution in [0.1, 0.15) is 19.3 Å². The summed E-state index contributed by atoms with van der Waals surface area (Å²) in [5.74, 6) is -1.13. The standard InChI is InChI=1S/C9H13BrN4O4S/c1-13-8(7(10)11-12-13)19(17,18)14-5-3-2-4-6(14)9(15)16/h6H,2-5H2,1H3,(H,15,16)/t6-/m1/s1. The molecule has 1 aromatic rings. The van der Waals surface area contributed by atoms with Crippen molar-refractivity contribution in [3.05, 3.63) is 4.60 Å². The van der Waals surface area contributed by atoms with Crippen LogP contribution in [0.5, 0.6) is 0 Å². The van der Waals surface area contributed by atoms with E-state index < -0.39 is 22.0 Å². The monoisotopic (exact) mass is 352 g/mol. The Bertz CT molecular complexity index is 580. The van der Waals surface area contributed by atoms with Crippen molar-refractivity contribution in [1.29, 1.82) is 0 Å². The molecule has 1 fully saturated rings. The highest BCUT2D eigenvalue weighted by Crippen LogP contribution is 2.28. The van der Waals surface area contributed by atoms with Gasteiger partial charge in [-0.15, -0.1) is 5.10 Å². The lowest BCUT2D eigenvalue weighted by Gasteiger charge is -2.31. The molecule has 0 aromatic carbocycles. The summed E-state index contributed by atoms with van der Waals surface area (Å²) in [6.07, 6.45) is 1.66. The largest absolute Gasteiger partial charge is 0.480 e. The second kappa shape index (κ2) is 5.17. The summed E-state index contributed by atoms with van der Waals surface area (Å²) in [6.45, 7) is 0.191. The number of aliphatic carboxylic acids is 1. The molecule has 106 valence electrons. The number of nitrogens with zero attached hydrogens (tertiary/aromatic N) is 4. The highest BCUT2D eigenvalue weighted by molar-refractivity contribution is 9.10. The first-order chi connectivity index (χ1) is 8.85. The molecule has 0 radical (unpaired) electrons. The van der Waals surface area contributed by atoms with Gasteiger partial charge in [-0.25, -0.2) is 13.1 Å². The fourth-order valence-electron chi connectivity index (χ4n) is 2.15. The zero-order chi connectivity index (χ0) is 14.2. The minimum Gasteiger partial charge on any atom is -0.480 e. The quantitative estimate of drug-likeness (QED) is 0.833. The van der Waals surface area contributed by atoms with Crippen LogP contribution in [0.25, 0.3) is 0 Å². The molecule has 2 rings (SSSR count). The maximum Gasteiger partial charge on any atom is 0.322 e. The Balaban J connectivity index is 2.46. The van der Waals surface area contributed by atoms with Gasteiger partial charge in [0.05, 0.1) is 0 Å². The lowest BCUT2D eigenvalue weighted by molar-refractivity contribution is -0.142. The first-order valence-electron chi connectivity index (χ1n) is 5.65. The summed E-state index contributed by atoms with van der Waals surface area (Å²) >= 11 is 3.03. The highest BCUT2D eigenvalue weighted by atomic mass is 79.9. The van der Waals surface area contributed by atoms with Crippen molar-refractivity contribution in [2.24, 2.45) is 7.05 Å². The van der Waals surface area contributed by atoms with Gasteiger partial charge < -0.3 is 5.11 Å². The summed E-state index contributed by atoms with van der Waals surface area (Å²) in [7, 11) is -2.48. The Morgan fingerprint density at radius 3 is 2.68 bits per heavy atom. The molecule has 1 N–H and O–H groups in total. The van der Waals surface area contributed by atoms with Crippen LogP contribution in [0.15, 0.2) is 9.63 Å². The summed E-state index contributed by atoms with van der Waals surface area (Å²) < 4.78 is 27.3. The second-order valence-corrected chi connectivity index (χ2v) is 6.83. The van der Waals surface area contributed by atoms with Crippen LogP contribution < -0.4 is 0 Å². The van der Waals surface area contributed by atoms with Gasteiger partial charge in [-0.05, 0) is 35.2 Å². The molecule has 1 atom stereocenters. The average Bonchev–Trinajstić information content (AvgIpc) is 2.69. The molecule has 1 aliphatic heterocycles. The molecule has 0 saturated carbocycles. The molecule has 1 saturated heterocycles. The molecule has 0 spiro atoms. The number of sulfonamides is 1. The van der Waals surface area contributed by atoms with Crippen LogP contribution in [-0.2, 0) is 21.9 Å². The van der Waals surface area contributed by atoms with E-state index in [-0.39, 0.29) is 16.2 Å². The van der Waals surface area contributed by atoms with E-state index in [1.54, 1.807) is 0 Å². The van der Waals surface area contributed by atoms with Crippen LogP contribution in [0.4, 0.5) is 0 Å². The molecule has 0 bridgehead atoms. The molecule has 1 aromatic heterocycles. The summed E-state index contributed by atoms with van der Waals surface area (Å²) in [6, 6.07) is -1.03. The molecule has 19 heavy (non-hydrogen) atoms. The van der Waals surface area contributed by atoms with E-state index >= 15 is 0 Å². The van der Waals surface area contributed by atoms with Crippen molar-refractivity contribution >= 4 is 31.9 Å². The van der Waals surface area contributed by atoms with Crippen LogP contribution in [0, 0.1) is 0 Å². The number of piperidine rings is 1. The molecule has 2 heterocycles. The minimum absolute atomic E-state index is 0.0877. The maximum absolute atomic E-state index is 12.5. The van der Waals surface area contributed by atoms with E-state index in [4.69, 9.17) is 5.11 Å². The van der Waals surface area contributed by atoms with Crippen LogP contribution in [-0.4, -0.2) is 51.4 Å². The lowest BCUT2D eigenvalue weighted by atomic mass is 10.1. The number of rotatable bonds is 3. The zero-order valence-electron chi connectivity index (χ0n) is 10.2. The van der Waals surface area contributed by atoms with Gasteiger partial charge in [-0.3, -0.25) is 4.79 Å². The van der Waals surface area contributed by atoms with E-state index in [1.165, 1.54) is 7.05 Å². The smallest absolute Gasteiger partial charge is 0.322 e. The van der Waals surface area contributed by atoms with E-state index in [0.717, 1.165) is 8.99 Å². The number of carbonyl (C=O) groups is 1. The third kappa shape index (κ3) is 2.51. The average molecular weight is 353 g/mol. The van der Waals surface area contributed by atoms with Gasteiger partial charge in [-0.1, -0.05) is 5.21 Å². The molecular weight excluding hydrogens is 340 g/mol. The van der Waals surface area contributed by atoms with Crippen molar-refractivity contribution in [2.45, 2.75) is 30.3 Å². The van der Waals surface area contributed by atoms with Gasteiger partial charge in [0, 0.05) is 13.6 Å². The van der Waals surface area contributed by atoms with Gasteiger partial charge in [-0.2, -0.15) is 4.31 Å². The Hall–Kier alpha value is -1.00. The molecule has 10 heteroatoms. The SMILES string of the molecule is Cn1nnc(Br)c1S(=O)(=O)N1CCCC[C@@H]1C(=O)O. The zero-order valence-corrected chi connectivity index (χ0v) is 12.6. The first-order valence-corrected chi connectivity index (χ1v) is 7.89. The Morgan fingerprint density at radius 1 is 1.47 bits per heavy atom. The molecule has 1 aliphatic rings. The number of aromatic nitrogens is 3. The molecule has 0 unspecified atom stereocenters. The second-order valence-electron chi connectivity index (χ2n) is 4.27. The normalized spacial score (nSPS) is 21.5. The maximum atomic E-state index is 12.5. The molecule has 8 nitrogen and oxygen atoms in total. The number of hydrogen-bond donors (Lipinski definition) is 1. The number of aryl methyl sites for hydroxylation is 1. The minimum atomic E-state index is -3.93. The van der Waals surface area contributed by atoms with Crippen molar-refractivity contribution in [1.82, 2.24) is 19.3 Å². The Kier molecular flexibility index (Phi) is 3.92. The predicted octanol–water partition coefficient (Wildman–Crippen LogP) is 0.205. The summed E-state index contributed by atoms with van der Waals surface area (Å²) in [5, 5.41) is 16.3. The number of carboxylic acids is 1. The fraction of sp³-hybridized carbons (Fsp3) is 0.667. The van der Waals surface area contributed by atoms with Crippen LogP contribution >= 0.6 is 15.9 Å². The molecule has 0 aliphatic carbocycles. The van der Waals surface area contributed by atoms with Crippen molar-refractivity contribution in [3.8, 4) is 0 Å². The van der Waals surface area contributed by atoms with Crippen LogP contribution in [0.2, 0.25) is 0 Å². The van der Waals surface area contributed by atoms with E-state index in [2.05, 4.69) is 26.2 Å². The third-order valence-corrected chi connectivity index (χ3v) is 5.83. The van der Waals surface area contributed by atoms with Crippen molar-refractivity contribution < 1.29 is 18.3 Å². The van der Waals surface area contributed by atoms with Gasteiger partial charge in [0.2, 0.25) is 5.03 Å². The van der Waals surface area contributed by atoms with E-state index in [1.807, 2.05) is 0 Å². The van der Waals surface area contributed by atoms with Gasteiger partial charge in [0.25, 0.3) is 10.0 Å².